The highest BCUT2D eigenvalue weighted by Gasteiger charge is 1.90. The van der Waals surface area contributed by atoms with Crippen LogP contribution in [-0.4, -0.2) is 21.4 Å². The quantitative estimate of drug-likeness (QED) is 0.615. The van der Waals surface area contributed by atoms with Crippen LogP contribution >= 0.6 is 11.6 Å². The molecule has 0 aliphatic carbocycles. The summed E-state index contributed by atoms with van der Waals surface area (Å²) < 4.78 is 0. The molecule has 1 aromatic carbocycles. The number of aromatic nitrogens is 3. The standard InChI is InChI=1S/C9H8ClN5/c10-8-3-1-7(2-4-8)5-12-14-9-11-6-13-15-9/h1-6H,(H2,11,13,14,15)/b12-5-. The van der Waals surface area contributed by atoms with Crippen molar-refractivity contribution in [2.45, 2.75) is 0 Å². The predicted octanol–water partition coefficient (Wildman–Crippen LogP) is 1.90. The van der Waals surface area contributed by atoms with E-state index in [9.17, 15) is 0 Å². The molecule has 6 heteroatoms. The number of rotatable bonds is 3. The molecule has 0 atom stereocenters. The van der Waals surface area contributed by atoms with Gasteiger partial charge in [-0.2, -0.15) is 15.2 Å². The van der Waals surface area contributed by atoms with Crippen LogP contribution < -0.4 is 5.43 Å². The molecule has 0 saturated carbocycles. The minimum Gasteiger partial charge on any atom is -0.246 e. The van der Waals surface area contributed by atoms with Crippen molar-refractivity contribution in [2.24, 2.45) is 5.10 Å². The van der Waals surface area contributed by atoms with E-state index in [1.54, 1.807) is 18.3 Å². The second-order valence-corrected chi connectivity index (χ2v) is 3.19. The van der Waals surface area contributed by atoms with E-state index in [2.05, 4.69) is 25.7 Å². The number of hydrogen-bond acceptors (Lipinski definition) is 4. The third kappa shape index (κ3) is 2.78. The van der Waals surface area contributed by atoms with Gasteiger partial charge in [-0.05, 0) is 17.7 Å². The largest absolute Gasteiger partial charge is 0.246 e. The van der Waals surface area contributed by atoms with Gasteiger partial charge in [0.1, 0.15) is 6.33 Å². The maximum atomic E-state index is 5.74. The summed E-state index contributed by atoms with van der Waals surface area (Å²) in [7, 11) is 0. The van der Waals surface area contributed by atoms with E-state index in [0.29, 0.717) is 11.0 Å². The normalized spacial score (nSPS) is 10.7. The van der Waals surface area contributed by atoms with Crippen molar-refractivity contribution in [2.75, 3.05) is 5.43 Å². The Morgan fingerprint density at radius 3 is 2.80 bits per heavy atom. The van der Waals surface area contributed by atoms with Gasteiger partial charge in [-0.25, -0.2) is 10.5 Å². The number of hydrogen-bond donors (Lipinski definition) is 2. The van der Waals surface area contributed by atoms with Crippen molar-refractivity contribution in [3.8, 4) is 0 Å². The minimum absolute atomic E-state index is 0.500. The molecule has 1 aromatic heterocycles. The fraction of sp³-hybridized carbons (Fsp3) is 0. The number of hydrazone groups is 1. The summed E-state index contributed by atoms with van der Waals surface area (Å²) in [5, 5.41) is 11.0. The average molecular weight is 222 g/mol. The number of nitrogens with zero attached hydrogens (tertiary/aromatic N) is 3. The van der Waals surface area contributed by atoms with E-state index in [1.807, 2.05) is 12.1 Å². The van der Waals surface area contributed by atoms with Crippen LogP contribution in [-0.2, 0) is 0 Å². The molecule has 0 aliphatic rings. The second kappa shape index (κ2) is 4.56. The molecule has 0 saturated heterocycles. The molecule has 15 heavy (non-hydrogen) atoms. The van der Waals surface area contributed by atoms with Crippen molar-refractivity contribution in [3.63, 3.8) is 0 Å². The summed E-state index contributed by atoms with van der Waals surface area (Å²) in [5.41, 5.74) is 3.65. The van der Waals surface area contributed by atoms with Gasteiger partial charge >= 0.3 is 0 Å². The molecule has 76 valence electrons. The number of benzene rings is 1. The molecule has 1 heterocycles. The predicted molar refractivity (Wildman–Crippen MR) is 59.1 cm³/mol. The lowest BCUT2D eigenvalue weighted by molar-refractivity contribution is 1.08. The Hall–Kier alpha value is -1.88. The molecule has 0 fully saturated rings. The lowest BCUT2D eigenvalue weighted by atomic mass is 10.2. The maximum absolute atomic E-state index is 5.74. The van der Waals surface area contributed by atoms with Gasteiger partial charge in [0.2, 0.25) is 5.95 Å². The number of nitrogens with one attached hydrogen (secondary N) is 2. The molecule has 2 N–H and O–H groups in total. The highest BCUT2D eigenvalue weighted by atomic mass is 35.5. The average Bonchev–Trinajstić information content (AvgIpc) is 2.74. The number of halogens is 1. The van der Waals surface area contributed by atoms with E-state index in [4.69, 9.17) is 11.6 Å². The van der Waals surface area contributed by atoms with Gasteiger partial charge in [0, 0.05) is 5.02 Å². The zero-order valence-corrected chi connectivity index (χ0v) is 8.44. The Morgan fingerprint density at radius 1 is 1.33 bits per heavy atom. The molecule has 0 unspecified atom stereocenters. The maximum Gasteiger partial charge on any atom is 0.239 e. The van der Waals surface area contributed by atoms with Crippen molar-refractivity contribution >= 4 is 23.8 Å². The van der Waals surface area contributed by atoms with E-state index >= 15 is 0 Å². The summed E-state index contributed by atoms with van der Waals surface area (Å²) >= 11 is 5.74. The van der Waals surface area contributed by atoms with Gasteiger partial charge in [-0.1, -0.05) is 23.7 Å². The van der Waals surface area contributed by atoms with E-state index < -0.39 is 0 Å². The summed E-state index contributed by atoms with van der Waals surface area (Å²) in [6, 6.07) is 7.34. The summed E-state index contributed by atoms with van der Waals surface area (Å²) in [6.45, 7) is 0. The summed E-state index contributed by atoms with van der Waals surface area (Å²) in [4.78, 5) is 3.85. The first-order valence-electron chi connectivity index (χ1n) is 4.24. The molecule has 0 spiro atoms. The highest BCUT2D eigenvalue weighted by molar-refractivity contribution is 6.30. The van der Waals surface area contributed by atoms with Gasteiger partial charge in [0.05, 0.1) is 6.21 Å². The Kier molecular flexibility index (Phi) is 2.94. The number of H-pyrrole nitrogens is 1. The smallest absolute Gasteiger partial charge is 0.239 e. The van der Waals surface area contributed by atoms with Gasteiger partial charge in [-0.3, -0.25) is 0 Å². The summed E-state index contributed by atoms with van der Waals surface area (Å²) in [6.07, 6.45) is 3.07. The van der Waals surface area contributed by atoms with Gasteiger partial charge < -0.3 is 0 Å². The molecule has 0 amide bonds. The van der Waals surface area contributed by atoms with Crippen molar-refractivity contribution in [3.05, 3.63) is 41.2 Å². The van der Waals surface area contributed by atoms with E-state index in [1.165, 1.54) is 6.33 Å². The first-order chi connectivity index (χ1) is 7.34. The first kappa shape index (κ1) is 9.67. The van der Waals surface area contributed by atoms with Crippen molar-refractivity contribution < 1.29 is 0 Å². The highest BCUT2D eigenvalue weighted by Crippen LogP contribution is 2.07. The fourth-order valence-electron chi connectivity index (χ4n) is 0.976. The molecule has 5 nitrogen and oxygen atoms in total. The monoisotopic (exact) mass is 221 g/mol. The fourth-order valence-corrected chi connectivity index (χ4v) is 1.10. The van der Waals surface area contributed by atoms with E-state index in [0.717, 1.165) is 5.56 Å². The second-order valence-electron chi connectivity index (χ2n) is 2.76. The van der Waals surface area contributed by atoms with Gasteiger partial charge in [-0.15, -0.1) is 0 Å². The molecule has 0 radical (unpaired) electrons. The Morgan fingerprint density at radius 2 is 2.13 bits per heavy atom. The third-order valence-corrected chi connectivity index (χ3v) is 1.92. The zero-order chi connectivity index (χ0) is 10.5. The molecule has 2 aromatic rings. The van der Waals surface area contributed by atoms with Crippen LogP contribution in [0.3, 0.4) is 0 Å². The summed E-state index contributed by atoms with van der Waals surface area (Å²) in [5.74, 6) is 0.500. The number of aromatic amines is 1. The van der Waals surface area contributed by atoms with Crippen molar-refractivity contribution in [1.29, 1.82) is 0 Å². The molecular formula is C9H8ClN5. The third-order valence-electron chi connectivity index (χ3n) is 1.67. The van der Waals surface area contributed by atoms with Crippen molar-refractivity contribution in [1.82, 2.24) is 15.2 Å². The lowest BCUT2D eigenvalue weighted by Crippen LogP contribution is -1.92. The van der Waals surface area contributed by atoms with E-state index in [-0.39, 0.29) is 0 Å². The first-order valence-corrected chi connectivity index (χ1v) is 4.62. The molecule has 0 aliphatic heterocycles. The Labute approximate surface area is 91.2 Å². The van der Waals surface area contributed by atoms with Crippen LogP contribution in [0.15, 0.2) is 35.7 Å². The molecular weight excluding hydrogens is 214 g/mol. The van der Waals surface area contributed by atoms with Gasteiger partial charge in [0.15, 0.2) is 0 Å². The Bertz CT molecular complexity index is 434. The zero-order valence-electron chi connectivity index (χ0n) is 7.68. The van der Waals surface area contributed by atoms with Crippen LogP contribution in [0.5, 0.6) is 0 Å². The lowest BCUT2D eigenvalue weighted by Gasteiger charge is -1.94. The molecule has 2 rings (SSSR count). The van der Waals surface area contributed by atoms with Gasteiger partial charge in [0.25, 0.3) is 0 Å². The van der Waals surface area contributed by atoms with Crippen LogP contribution in [0.2, 0.25) is 5.02 Å². The minimum atomic E-state index is 0.500. The topological polar surface area (TPSA) is 66.0 Å². The van der Waals surface area contributed by atoms with Crippen LogP contribution in [0.1, 0.15) is 5.56 Å². The SMILES string of the molecule is Clc1ccc(/C=N\Nc2ncn[nH]2)cc1. The Balaban J connectivity index is 1.97. The van der Waals surface area contributed by atoms with Crippen LogP contribution in [0.4, 0.5) is 5.95 Å². The molecule has 0 bridgehead atoms. The number of anilines is 1. The van der Waals surface area contributed by atoms with Crippen LogP contribution in [0, 0.1) is 0 Å². The van der Waals surface area contributed by atoms with Crippen LogP contribution in [0.25, 0.3) is 0 Å².